The molecule has 0 saturated carbocycles. The summed E-state index contributed by atoms with van der Waals surface area (Å²) < 4.78 is 0. The molecule has 1 rings (SSSR count). The van der Waals surface area contributed by atoms with Crippen LogP contribution < -0.4 is 0 Å². The fourth-order valence-corrected chi connectivity index (χ4v) is 0.961. The van der Waals surface area contributed by atoms with Gasteiger partial charge in [-0.05, 0) is 0 Å². The first-order valence-electron chi connectivity index (χ1n) is 3.64. The molecule has 0 heterocycles. The molecule has 0 aliphatic heterocycles. The Hall–Kier alpha value is 0.0643. The normalized spacial score (nSPS) is 8.90. The molecule has 0 bridgehead atoms. The monoisotopic (exact) mass is 169 g/mol. The second-order valence-corrected chi connectivity index (χ2v) is 2.40. The zero-order valence-electron chi connectivity index (χ0n) is 6.43. The van der Waals surface area contributed by atoms with Crippen molar-refractivity contribution in [2.45, 2.75) is 26.2 Å². The van der Waals surface area contributed by atoms with Crippen LogP contribution in [0.3, 0.4) is 0 Å². The van der Waals surface area contributed by atoms with Gasteiger partial charge >= 0.3 is 21.7 Å². The fourth-order valence-electron chi connectivity index (χ4n) is 0.961. The Morgan fingerprint density at radius 2 is 1.80 bits per heavy atom. The van der Waals surface area contributed by atoms with E-state index in [-0.39, 0.29) is 21.7 Å². The van der Waals surface area contributed by atoms with Crippen LogP contribution >= 0.6 is 0 Å². The Labute approximate surface area is 77.9 Å². The number of rotatable bonds is 3. The molecule has 0 atom stereocenters. The molecule has 0 spiro atoms. The van der Waals surface area contributed by atoms with Crippen molar-refractivity contribution in [3.05, 3.63) is 29.8 Å². The summed E-state index contributed by atoms with van der Waals surface area (Å²) in [5.41, 5.74) is 1.48. The maximum absolute atomic E-state index is 2.23. The van der Waals surface area contributed by atoms with Crippen molar-refractivity contribution < 1.29 is 21.7 Å². The largest absolute Gasteiger partial charge is 3.00 e. The minimum absolute atomic E-state index is 0. The van der Waals surface area contributed by atoms with E-state index in [9.17, 15) is 0 Å². The minimum atomic E-state index is 0. The average Bonchev–Trinajstić information content (AvgIpc) is 2.34. The zero-order chi connectivity index (χ0) is 6.53. The molecule has 1 aromatic carbocycles. The first-order chi connectivity index (χ1) is 4.43. The molecule has 0 nitrogen and oxygen atoms in total. The average molecular weight is 169 g/mol. The van der Waals surface area contributed by atoms with Crippen LogP contribution in [0.4, 0.5) is 0 Å². The standard InChI is InChI=1S/C9H13.Ti/c1-2-3-6-9-7-4-5-8-9;/h4-5,7-8H,2-3,6H2,1H3;/q-1;+3. The van der Waals surface area contributed by atoms with Gasteiger partial charge in [0, 0.05) is 0 Å². The van der Waals surface area contributed by atoms with Crippen molar-refractivity contribution in [3.8, 4) is 0 Å². The molecular formula is C9H13Ti+2. The summed E-state index contributed by atoms with van der Waals surface area (Å²) in [4.78, 5) is 0. The summed E-state index contributed by atoms with van der Waals surface area (Å²) in [5.74, 6) is 0. The Morgan fingerprint density at radius 1 is 1.20 bits per heavy atom. The molecule has 10 heavy (non-hydrogen) atoms. The van der Waals surface area contributed by atoms with Gasteiger partial charge in [0.1, 0.15) is 0 Å². The predicted octanol–water partition coefficient (Wildman–Crippen LogP) is 2.75. The van der Waals surface area contributed by atoms with Crippen LogP contribution in [0.15, 0.2) is 24.3 Å². The van der Waals surface area contributed by atoms with Gasteiger partial charge in [-0.3, -0.25) is 0 Å². The predicted molar refractivity (Wildman–Crippen MR) is 40.6 cm³/mol. The van der Waals surface area contributed by atoms with Crippen molar-refractivity contribution in [3.63, 3.8) is 0 Å². The maximum atomic E-state index is 2.23. The summed E-state index contributed by atoms with van der Waals surface area (Å²) in [5, 5.41) is 0. The number of hydrogen-bond acceptors (Lipinski definition) is 0. The second-order valence-electron chi connectivity index (χ2n) is 2.40. The molecule has 0 unspecified atom stereocenters. The molecule has 0 aromatic heterocycles. The van der Waals surface area contributed by atoms with E-state index in [1.807, 2.05) is 0 Å². The van der Waals surface area contributed by atoms with Gasteiger partial charge in [-0.15, -0.1) is 0 Å². The molecule has 0 aliphatic rings. The van der Waals surface area contributed by atoms with E-state index in [1.54, 1.807) is 0 Å². The van der Waals surface area contributed by atoms with Crippen molar-refractivity contribution >= 4 is 0 Å². The smallest absolute Gasteiger partial charge is 0.213 e. The minimum Gasteiger partial charge on any atom is -0.213 e. The third-order valence-electron chi connectivity index (χ3n) is 1.55. The van der Waals surface area contributed by atoms with Gasteiger partial charge in [-0.25, -0.2) is 12.1 Å². The van der Waals surface area contributed by atoms with E-state index < -0.39 is 0 Å². The molecule has 1 radical (unpaired) electrons. The summed E-state index contributed by atoms with van der Waals surface area (Å²) in [7, 11) is 0. The molecule has 0 saturated heterocycles. The maximum Gasteiger partial charge on any atom is 3.00 e. The Bertz CT molecular complexity index is 142. The molecule has 0 fully saturated rings. The van der Waals surface area contributed by atoms with E-state index >= 15 is 0 Å². The van der Waals surface area contributed by atoms with Crippen LogP contribution in [0, 0.1) is 0 Å². The quantitative estimate of drug-likeness (QED) is 0.482. The molecule has 0 amide bonds. The van der Waals surface area contributed by atoms with Gasteiger partial charge < -0.3 is 0 Å². The van der Waals surface area contributed by atoms with Crippen LogP contribution in [0.5, 0.6) is 0 Å². The van der Waals surface area contributed by atoms with Crippen molar-refractivity contribution in [2.24, 2.45) is 0 Å². The summed E-state index contributed by atoms with van der Waals surface area (Å²) in [6.07, 6.45) is 3.87. The van der Waals surface area contributed by atoms with E-state index in [0.29, 0.717) is 0 Å². The van der Waals surface area contributed by atoms with Gasteiger partial charge in [-0.1, -0.05) is 26.2 Å². The SMILES string of the molecule is CCCC[c-]1cccc1.[Ti+3]. The van der Waals surface area contributed by atoms with E-state index in [0.717, 1.165) is 0 Å². The molecule has 1 heteroatoms. The Morgan fingerprint density at radius 3 is 2.30 bits per heavy atom. The molecule has 0 N–H and O–H groups in total. The van der Waals surface area contributed by atoms with Gasteiger partial charge in [-0.2, -0.15) is 17.7 Å². The molecular weight excluding hydrogens is 156 g/mol. The number of aryl methyl sites for hydroxylation is 1. The van der Waals surface area contributed by atoms with Crippen molar-refractivity contribution in [1.82, 2.24) is 0 Å². The topological polar surface area (TPSA) is 0 Å². The second kappa shape index (κ2) is 5.82. The number of unbranched alkanes of at least 4 members (excludes halogenated alkanes) is 1. The first-order valence-corrected chi connectivity index (χ1v) is 3.64. The number of hydrogen-bond donors (Lipinski definition) is 0. The van der Waals surface area contributed by atoms with Gasteiger partial charge in [0.2, 0.25) is 0 Å². The van der Waals surface area contributed by atoms with E-state index in [2.05, 4.69) is 31.2 Å². The van der Waals surface area contributed by atoms with Crippen LogP contribution in [0.25, 0.3) is 0 Å². The van der Waals surface area contributed by atoms with Crippen LogP contribution in [0.2, 0.25) is 0 Å². The third kappa shape index (κ3) is 3.29. The van der Waals surface area contributed by atoms with E-state index in [1.165, 1.54) is 24.8 Å². The molecule has 1 aromatic rings. The van der Waals surface area contributed by atoms with E-state index in [4.69, 9.17) is 0 Å². The summed E-state index contributed by atoms with van der Waals surface area (Å²) in [6.45, 7) is 2.23. The van der Waals surface area contributed by atoms with Crippen LogP contribution in [-0.4, -0.2) is 0 Å². The zero-order valence-corrected chi connectivity index (χ0v) is 7.99. The molecule has 51 valence electrons. The molecule has 0 aliphatic carbocycles. The summed E-state index contributed by atoms with van der Waals surface area (Å²) in [6, 6.07) is 8.58. The summed E-state index contributed by atoms with van der Waals surface area (Å²) >= 11 is 0. The Balaban J connectivity index is 0.000000810. The van der Waals surface area contributed by atoms with Gasteiger partial charge in [0.15, 0.2) is 0 Å². The van der Waals surface area contributed by atoms with Crippen molar-refractivity contribution in [2.75, 3.05) is 0 Å². The van der Waals surface area contributed by atoms with Gasteiger partial charge in [0.25, 0.3) is 0 Å². The van der Waals surface area contributed by atoms with Crippen LogP contribution in [-0.2, 0) is 28.1 Å². The Kier molecular flexibility index (Phi) is 5.86. The third-order valence-corrected chi connectivity index (χ3v) is 1.55. The first kappa shape index (κ1) is 10.1. The van der Waals surface area contributed by atoms with Crippen LogP contribution in [0.1, 0.15) is 25.3 Å². The van der Waals surface area contributed by atoms with Gasteiger partial charge in [0.05, 0.1) is 0 Å². The van der Waals surface area contributed by atoms with Crippen molar-refractivity contribution in [1.29, 1.82) is 0 Å². The fraction of sp³-hybridized carbons (Fsp3) is 0.444.